The predicted octanol–water partition coefficient (Wildman–Crippen LogP) is 2.57. The van der Waals surface area contributed by atoms with E-state index in [2.05, 4.69) is 34.3 Å². The van der Waals surface area contributed by atoms with Crippen LogP contribution in [0.1, 0.15) is 12.5 Å². The summed E-state index contributed by atoms with van der Waals surface area (Å²) in [5.74, 6) is 1.78. The van der Waals surface area contributed by atoms with E-state index in [1.54, 1.807) is 0 Å². The number of hydrogen-bond acceptors (Lipinski definition) is 5. The minimum Gasteiger partial charge on any atom is -0.370 e. The highest BCUT2D eigenvalue weighted by atomic mass is 15.2. The van der Waals surface area contributed by atoms with Gasteiger partial charge in [-0.05, 0) is 31.5 Å². The van der Waals surface area contributed by atoms with Crippen molar-refractivity contribution in [2.75, 3.05) is 29.5 Å². The van der Waals surface area contributed by atoms with Gasteiger partial charge in [0.25, 0.3) is 0 Å². The first-order valence-corrected chi connectivity index (χ1v) is 6.29. The van der Waals surface area contributed by atoms with Crippen LogP contribution in [0.25, 0.3) is 0 Å². The van der Waals surface area contributed by atoms with Crippen LogP contribution in [0.4, 0.5) is 23.3 Å². The van der Waals surface area contributed by atoms with Crippen molar-refractivity contribution in [3.63, 3.8) is 0 Å². The smallest absolute Gasteiger partial charge is 0.223 e. The minimum absolute atomic E-state index is 0.271. The Morgan fingerprint density at radius 2 is 2.05 bits per heavy atom. The van der Waals surface area contributed by atoms with E-state index in [-0.39, 0.29) is 5.95 Å². The van der Waals surface area contributed by atoms with E-state index in [1.165, 1.54) is 5.56 Å². The maximum absolute atomic E-state index is 5.75. The molecule has 0 spiro atoms. The van der Waals surface area contributed by atoms with E-state index in [9.17, 15) is 0 Å². The Hall–Kier alpha value is -2.30. The molecule has 2 aromatic rings. The molecule has 100 valence electrons. The van der Waals surface area contributed by atoms with E-state index >= 15 is 0 Å². The monoisotopic (exact) mass is 257 g/mol. The lowest BCUT2D eigenvalue weighted by atomic mass is 10.2. The Kier molecular flexibility index (Phi) is 3.85. The number of nitrogens with one attached hydrogen (secondary N) is 1. The first-order valence-electron chi connectivity index (χ1n) is 6.29. The zero-order valence-corrected chi connectivity index (χ0v) is 11.5. The molecule has 0 atom stereocenters. The van der Waals surface area contributed by atoms with Crippen molar-refractivity contribution in [1.29, 1.82) is 0 Å². The predicted molar refractivity (Wildman–Crippen MR) is 79.9 cm³/mol. The largest absolute Gasteiger partial charge is 0.370 e. The second-order valence-corrected chi connectivity index (χ2v) is 4.40. The summed E-state index contributed by atoms with van der Waals surface area (Å²) >= 11 is 0. The Morgan fingerprint density at radius 3 is 2.74 bits per heavy atom. The quantitative estimate of drug-likeness (QED) is 0.881. The fourth-order valence-corrected chi connectivity index (χ4v) is 1.86. The summed E-state index contributed by atoms with van der Waals surface area (Å²) in [6, 6.07) is 10.1. The van der Waals surface area contributed by atoms with Crippen molar-refractivity contribution >= 4 is 23.3 Å². The van der Waals surface area contributed by atoms with Gasteiger partial charge in [0.05, 0.1) is 0 Å². The molecular weight excluding hydrogens is 238 g/mol. The molecule has 1 heterocycles. The topological polar surface area (TPSA) is 67.1 Å². The first kappa shape index (κ1) is 13.1. The zero-order chi connectivity index (χ0) is 13.8. The number of anilines is 4. The molecule has 0 aliphatic rings. The van der Waals surface area contributed by atoms with Crippen molar-refractivity contribution < 1.29 is 0 Å². The molecule has 0 aliphatic heterocycles. The molecule has 3 N–H and O–H groups in total. The molecular formula is C14H19N5. The fraction of sp³-hybridized carbons (Fsp3) is 0.286. The molecule has 0 saturated heterocycles. The second kappa shape index (κ2) is 5.56. The SMILES string of the molecule is CCNc1cc(N(C)c2cccc(C)c2)nc(N)n1. The van der Waals surface area contributed by atoms with Crippen molar-refractivity contribution in [3.8, 4) is 0 Å². The molecule has 5 nitrogen and oxygen atoms in total. The molecule has 5 heteroatoms. The third kappa shape index (κ3) is 3.13. The van der Waals surface area contributed by atoms with Crippen LogP contribution in [0.5, 0.6) is 0 Å². The van der Waals surface area contributed by atoms with Gasteiger partial charge >= 0.3 is 0 Å². The lowest BCUT2D eigenvalue weighted by molar-refractivity contribution is 1.07. The number of aryl methyl sites for hydroxylation is 1. The average Bonchev–Trinajstić information content (AvgIpc) is 2.37. The van der Waals surface area contributed by atoms with Gasteiger partial charge in [-0.2, -0.15) is 9.97 Å². The lowest BCUT2D eigenvalue weighted by Crippen LogP contribution is -2.14. The van der Waals surface area contributed by atoms with Gasteiger partial charge in [0.1, 0.15) is 11.6 Å². The van der Waals surface area contributed by atoms with Crippen LogP contribution in [-0.4, -0.2) is 23.6 Å². The van der Waals surface area contributed by atoms with Gasteiger partial charge in [-0.25, -0.2) is 0 Å². The van der Waals surface area contributed by atoms with Crippen LogP contribution in [0.3, 0.4) is 0 Å². The summed E-state index contributed by atoms with van der Waals surface area (Å²) in [7, 11) is 1.96. The number of nitrogen functional groups attached to an aromatic ring is 1. The molecule has 0 unspecified atom stereocenters. The summed E-state index contributed by atoms with van der Waals surface area (Å²) in [6.07, 6.45) is 0. The van der Waals surface area contributed by atoms with Crippen LogP contribution in [0.15, 0.2) is 30.3 Å². The number of aromatic nitrogens is 2. The Balaban J connectivity index is 2.35. The van der Waals surface area contributed by atoms with Crippen LogP contribution >= 0.6 is 0 Å². The highest BCUT2D eigenvalue weighted by Gasteiger charge is 2.08. The normalized spacial score (nSPS) is 10.3. The molecule has 1 aromatic heterocycles. The number of nitrogens with zero attached hydrogens (tertiary/aromatic N) is 3. The molecule has 0 radical (unpaired) electrons. The number of nitrogens with two attached hydrogens (primary N) is 1. The second-order valence-electron chi connectivity index (χ2n) is 4.40. The fourth-order valence-electron chi connectivity index (χ4n) is 1.86. The number of rotatable bonds is 4. The molecule has 1 aromatic carbocycles. The molecule has 0 bridgehead atoms. The van der Waals surface area contributed by atoms with Crippen molar-refractivity contribution in [2.45, 2.75) is 13.8 Å². The van der Waals surface area contributed by atoms with E-state index in [0.29, 0.717) is 0 Å². The van der Waals surface area contributed by atoms with E-state index in [4.69, 9.17) is 5.73 Å². The summed E-state index contributed by atoms with van der Waals surface area (Å²) in [5, 5.41) is 3.15. The molecule has 19 heavy (non-hydrogen) atoms. The number of hydrogen-bond donors (Lipinski definition) is 2. The van der Waals surface area contributed by atoms with E-state index < -0.39 is 0 Å². The van der Waals surface area contributed by atoms with Gasteiger partial charge in [-0.3, -0.25) is 0 Å². The Morgan fingerprint density at radius 1 is 1.26 bits per heavy atom. The van der Waals surface area contributed by atoms with E-state index in [1.807, 2.05) is 37.1 Å². The third-order valence-corrected chi connectivity index (χ3v) is 2.82. The van der Waals surface area contributed by atoms with Gasteiger partial charge in [-0.1, -0.05) is 12.1 Å². The molecule has 0 fully saturated rings. The maximum atomic E-state index is 5.75. The van der Waals surface area contributed by atoms with Crippen molar-refractivity contribution in [3.05, 3.63) is 35.9 Å². The van der Waals surface area contributed by atoms with E-state index in [0.717, 1.165) is 23.9 Å². The zero-order valence-electron chi connectivity index (χ0n) is 11.5. The van der Waals surface area contributed by atoms with Gasteiger partial charge < -0.3 is 16.0 Å². The Labute approximate surface area is 113 Å². The van der Waals surface area contributed by atoms with Crippen LogP contribution in [0, 0.1) is 6.92 Å². The maximum Gasteiger partial charge on any atom is 0.223 e. The van der Waals surface area contributed by atoms with Crippen LogP contribution in [0.2, 0.25) is 0 Å². The van der Waals surface area contributed by atoms with Crippen LogP contribution < -0.4 is 16.0 Å². The highest BCUT2D eigenvalue weighted by Crippen LogP contribution is 2.24. The first-order chi connectivity index (χ1) is 9.10. The van der Waals surface area contributed by atoms with Gasteiger partial charge in [0, 0.05) is 25.3 Å². The Bertz CT molecular complexity index is 568. The minimum atomic E-state index is 0.271. The molecule has 0 aliphatic carbocycles. The standard InChI is InChI=1S/C14H19N5/c1-4-16-12-9-13(18-14(15)17-12)19(3)11-7-5-6-10(2)8-11/h5-9H,4H2,1-3H3,(H3,15,16,17,18). The third-order valence-electron chi connectivity index (χ3n) is 2.82. The number of benzene rings is 1. The summed E-state index contributed by atoms with van der Waals surface area (Å²) in [5.41, 5.74) is 8.02. The lowest BCUT2D eigenvalue weighted by Gasteiger charge is -2.19. The summed E-state index contributed by atoms with van der Waals surface area (Å²) in [4.78, 5) is 10.4. The van der Waals surface area contributed by atoms with Gasteiger partial charge in [0.15, 0.2) is 0 Å². The van der Waals surface area contributed by atoms with Crippen molar-refractivity contribution in [2.24, 2.45) is 0 Å². The molecule has 0 amide bonds. The molecule has 2 rings (SSSR count). The summed E-state index contributed by atoms with van der Waals surface area (Å²) < 4.78 is 0. The van der Waals surface area contributed by atoms with Gasteiger partial charge in [0.2, 0.25) is 5.95 Å². The van der Waals surface area contributed by atoms with Crippen LogP contribution in [-0.2, 0) is 0 Å². The average molecular weight is 257 g/mol. The van der Waals surface area contributed by atoms with Gasteiger partial charge in [-0.15, -0.1) is 0 Å². The van der Waals surface area contributed by atoms with Crippen molar-refractivity contribution in [1.82, 2.24) is 9.97 Å². The molecule has 0 saturated carbocycles. The summed E-state index contributed by atoms with van der Waals surface area (Å²) in [6.45, 7) is 4.88. The highest BCUT2D eigenvalue weighted by molar-refractivity contribution is 5.63.